The van der Waals surface area contributed by atoms with E-state index >= 15 is 0 Å². The van der Waals surface area contributed by atoms with E-state index in [2.05, 4.69) is 25.7 Å². The van der Waals surface area contributed by atoms with E-state index in [1.807, 2.05) is 0 Å². The number of rotatable bonds is 4. The molecule has 0 amide bonds. The van der Waals surface area contributed by atoms with Crippen molar-refractivity contribution >= 4 is 0 Å². The van der Waals surface area contributed by atoms with Crippen LogP contribution in [0.2, 0.25) is 0 Å². The summed E-state index contributed by atoms with van der Waals surface area (Å²) in [5.74, 6) is 0. The molecule has 0 aromatic heterocycles. The van der Waals surface area contributed by atoms with Crippen molar-refractivity contribution in [3.8, 4) is 0 Å². The highest BCUT2D eigenvalue weighted by Gasteiger charge is 2.36. The summed E-state index contributed by atoms with van der Waals surface area (Å²) >= 11 is 0. The fourth-order valence-electron chi connectivity index (χ4n) is 3.88. The summed E-state index contributed by atoms with van der Waals surface area (Å²) in [6.45, 7) is 8.94. The molecule has 1 aliphatic heterocycles. The lowest BCUT2D eigenvalue weighted by Crippen LogP contribution is -2.52. The summed E-state index contributed by atoms with van der Waals surface area (Å²) in [6, 6.07) is 1.92. The summed E-state index contributed by atoms with van der Waals surface area (Å²) in [6.07, 6.45) is 8.50. The molecule has 2 unspecified atom stereocenters. The average molecular weight is 268 g/mol. The molecule has 2 fully saturated rings. The molecule has 0 aromatic carbocycles. The average Bonchev–Trinajstić information content (AvgIpc) is 2.42. The smallest absolute Gasteiger partial charge is 0.0666 e. The SMILES string of the molecule is CCN(C1CCC(N)CC1)C1CCOC(C)(CC)C1. The van der Waals surface area contributed by atoms with Crippen LogP contribution in [0.4, 0.5) is 0 Å². The van der Waals surface area contributed by atoms with Crippen molar-refractivity contribution in [2.75, 3.05) is 13.2 Å². The van der Waals surface area contributed by atoms with Crippen LogP contribution in [0.25, 0.3) is 0 Å². The van der Waals surface area contributed by atoms with Crippen molar-refractivity contribution in [2.24, 2.45) is 5.73 Å². The van der Waals surface area contributed by atoms with Gasteiger partial charge in [0.15, 0.2) is 0 Å². The van der Waals surface area contributed by atoms with E-state index in [0.717, 1.165) is 19.1 Å². The number of nitrogens with zero attached hydrogens (tertiary/aromatic N) is 1. The van der Waals surface area contributed by atoms with Crippen molar-refractivity contribution in [2.45, 2.75) is 89.4 Å². The lowest BCUT2D eigenvalue weighted by Gasteiger charge is -2.46. The molecule has 2 rings (SSSR count). The molecule has 1 saturated heterocycles. The van der Waals surface area contributed by atoms with E-state index in [4.69, 9.17) is 10.5 Å². The lowest BCUT2D eigenvalue weighted by molar-refractivity contribution is -0.103. The topological polar surface area (TPSA) is 38.5 Å². The summed E-state index contributed by atoms with van der Waals surface area (Å²) in [5.41, 5.74) is 6.14. The molecule has 0 spiro atoms. The highest BCUT2D eigenvalue weighted by atomic mass is 16.5. The third-order valence-electron chi connectivity index (χ3n) is 5.36. The van der Waals surface area contributed by atoms with Crippen LogP contribution in [-0.2, 0) is 4.74 Å². The van der Waals surface area contributed by atoms with Gasteiger partial charge in [0.05, 0.1) is 5.60 Å². The molecule has 0 bridgehead atoms. The van der Waals surface area contributed by atoms with E-state index in [1.54, 1.807) is 0 Å². The molecule has 0 aromatic rings. The van der Waals surface area contributed by atoms with Gasteiger partial charge in [-0.2, -0.15) is 0 Å². The van der Waals surface area contributed by atoms with Gasteiger partial charge in [-0.1, -0.05) is 13.8 Å². The zero-order chi connectivity index (χ0) is 13.9. The predicted molar refractivity (Wildman–Crippen MR) is 80.3 cm³/mol. The molecular weight excluding hydrogens is 236 g/mol. The highest BCUT2D eigenvalue weighted by Crippen LogP contribution is 2.33. The molecule has 3 nitrogen and oxygen atoms in total. The van der Waals surface area contributed by atoms with Crippen LogP contribution >= 0.6 is 0 Å². The standard InChI is InChI=1S/C16H32N2O/c1-4-16(3)12-15(10-11-19-16)18(5-2)14-8-6-13(17)7-9-14/h13-15H,4-12,17H2,1-3H3. The van der Waals surface area contributed by atoms with Gasteiger partial charge < -0.3 is 10.5 Å². The number of ether oxygens (including phenoxy) is 1. The Bertz CT molecular complexity index is 276. The maximum Gasteiger partial charge on any atom is 0.0666 e. The van der Waals surface area contributed by atoms with Gasteiger partial charge >= 0.3 is 0 Å². The second kappa shape index (κ2) is 6.55. The van der Waals surface area contributed by atoms with Crippen molar-refractivity contribution in [3.05, 3.63) is 0 Å². The maximum atomic E-state index is 6.04. The third kappa shape index (κ3) is 3.71. The van der Waals surface area contributed by atoms with Crippen LogP contribution < -0.4 is 5.73 Å². The van der Waals surface area contributed by atoms with E-state index in [9.17, 15) is 0 Å². The minimum atomic E-state index is 0.0986. The Labute approximate surface area is 118 Å². The Kier molecular flexibility index (Phi) is 5.27. The molecule has 1 saturated carbocycles. The normalized spacial score (nSPS) is 40.6. The maximum absolute atomic E-state index is 6.04. The Morgan fingerprint density at radius 2 is 1.79 bits per heavy atom. The van der Waals surface area contributed by atoms with E-state index in [0.29, 0.717) is 12.1 Å². The van der Waals surface area contributed by atoms with Gasteiger partial charge in [-0.3, -0.25) is 4.90 Å². The Hall–Kier alpha value is -0.120. The van der Waals surface area contributed by atoms with Crippen LogP contribution in [0.1, 0.15) is 65.7 Å². The zero-order valence-electron chi connectivity index (χ0n) is 13.0. The molecule has 2 N–H and O–H groups in total. The molecular formula is C16H32N2O. The number of hydrogen-bond acceptors (Lipinski definition) is 3. The quantitative estimate of drug-likeness (QED) is 0.852. The second-order valence-electron chi connectivity index (χ2n) is 6.70. The van der Waals surface area contributed by atoms with Gasteiger partial charge in [-0.25, -0.2) is 0 Å². The zero-order valence-corrected chi connectivity index (χ0v) is 13.0. The van der Waals surface area contributed by atoms with E-state index in [1.165, 1.54) is 45.1 Å². The Balaban J connectivity index is 1.97. The summed E-state index contributed by atoms with van der Waals surface area (Å²) < 4.78 is 6.00. The van der Waals surface area contributed by atoms with Crippen LogP contribution in [-0.4, -0.2) is 41.8 Å². The molecule has 112 valence electrons. The van der Waals surface area contributed by atoms with Crippen LogP contribution in [0.5, 0.6) is 0 Å². The van der Waals surface area contributed by atoms with Crippen molar-refractivity contribution < 1.29 is 4.74 Å². The van der Waals surface area contributed by atoms with Crippen LogP contribution in [0, 0.1) is 0 Å². The third-order valence-corrected chi connectivity index (χ3v) is 5.36. The molecule has 2 aliphatic rings. The van der Waals surface area contributed by atoms with Gasteiger partial charge in [0.1, 0.15) is 0 Å². The molecule has 1 heterocycles. The first-order chi connectivity index (χ1) is 9.08. The van der Waals surface area contributed by atoms with Crippen molar-refractivity contribution in [1.29, 1.82) is 0 Å². The van der Waals surface area contributed by atoms with Crippen LogP contribution in [0.3, 0.4) is 0 Å². The number of hydrogen-bond donors (Lipinski definition) is 1. The first-order valence-corrected chi connectivity index (χ1v) is 8.23. The summed E-state index contributed by atoms with van der Waals surface area (Å²) in [7, 11) is 0. The highest BCUT2D eigenvalue weighted by molar-refractivity contribution is 4.91. The van der Waals surface area contributed by atoms with Gasteiger partial charge in [-0.05, 0) is 58.4 Å². The van der Waals surface area contributed by atoms with Gasteiger partial charge in [0, 0.05) is 24.7 Å². The fraction of sp³-hybridized carbons (Fsp3) is 1.00. The van der Waals surface area contributed by atoms with Crippen molar-refractivity contribution in [3.63, 3.8) is 0 Å². The first-order valence-electron chi connectivity index (χ1n) is 8.23. The van der Waals surface area contributed by atoms with Crippen molar-refractivity contribution in [1.82, 2.24) is 4.90 Å². The van der Waals surface area contributed by atoms with Gasteiger partial charge in [0.25, 0.3) is 0 Å². The molecule has 1 aliphatic carbocycles. The van der Waals surface area contributed by atoms with E-state index in [-0.39, 0.29) is 5.60 Å². The fourth-order valence-corrected chi connectivity index (χ4v) is 3.88. The Morgan fingerprint density at radius 1 is 1.11 bits per heavy atom. The lowest BCUT2D eigenvalue weighted by atomic mass is 9.85. The minimum Gasteiger partial charge on any atom is -0.375 e. The summed E-state index contributed by atoms with van der Waals surface area (Å²) in [5, 5.41) is 0. The molecule has 2 atom stereocenters. The van der Waals surface area contributed by atoms with E-state index < -0.39 is 0 Å². The molecule has 0 radical (unpaired) electrons. The first kappa shape index (κ1) is 15.3. The monoisotopic (exact) mass is 268 g/mol. The van der Waals surface area contributed by atoms with Gasteiger partial charge in [-0.15, -0.1) is 0 Å². The molecule has 19 heavy (non-hydrogen) atoms. The molecule has 3 heteroatoms. The minimum absolute atomic E-state index is 0.0986. The second-order valence-corrected chi connectivity index (χ2v) is 6.70. The summed E-state index contributed by atoms with van der Waals surface area (Å²) in [4.78, 5) is 2.75. The predicted octanol–water partition coefficient (Wildman–Crippen LogP) is 2.93. The largest absolute Gasteiger partial charge is 0.375 e. The van der Waals surface area contributed by atoms with Gasteiger partial charge in [0.2, 0.25) is 0 Å². The Morgan fingerprint density at radius 3 is 2.37 bits per heavy atom. The van der Waals surface area contributed by atoms with Crippen LogP contribution in [0.15, 0.2) is 0 Å². The number of nitrogens with two attached hydrogens (primary N) is 1.